The van der Waals surface area contributed by atoms with Crippen LogP contribution in [0, 0.1) is 0 Å². The van der Waals surface area contributed by atoms with E-state index in [4.69, 9.17) is 13.9 Å². The van der Waals surface area contributed by atoms with Crippen LogP contribution in [0.1, 0.15) is 21.7 Å². The Labute approximate surface area is 182 Å². The van der Waals surface area contributed by atoms with E-state index in [2.05, 4.69) is 4.74 Å². The Balaban J connectivity index is 1.49. The Morgan fingerprint density at radius 3 is 2.25 bits per heavy atom. The molecule has 1 aliphatic heterocycles. The molecule has 4 rings (SSSR count). The zero-order valence-corrected chi connectivity index (χ0v) is 17.4. The van der Waals surface area contributed by atoms with E-state index in [0.29, 0.717) is 42.3 Å². The molecule has 3 aromatic rings. The number of ether oxygens (including phenoxy) is 3. The number of nitrogens with zero attached hydrogens (tertiary/aromatic N) is 1. The number of rotatable bonds is 5. The molecule has 0 unspecified atom stereocenters. The summed E-state index contributed by atoms with van der Waals surface area (Å²) < 4.78 is 57.2. The molecule has 0 aliphatic carbocycles. The second-order valence-electron chi connectivity index (χ2n) is 7.19. The third-order valence-electron chi connectivity index (χ3n) is 5.19. The molecule has 0 N–H and O–H groups in total. The lowest BCUT2D eigenvalue weighted by atomic mass is 9.98. The van der Waals surface area contributed by atoms with E-state index < -0.39 is 6.36 Å². The van der Waals surface area contributed by atoms with Crippen LogP contribution in [0.5, 0.6) is 17.2 Å². The highest BCUT2D eigenvalue weighted by Crippen LogP contribution is 2.34. The minimum atomic E-state index is -4.76. The van der Waals surface area contributed by atoms with Crippen LogP contribution in [0.3, 0.4) is 0 Å². The summed E-state index contributed by atoms with van der Waals surface area (Å²) in [6, 6.07) is 12.2. The van der Waals surface area contributed by atoms with Crippen LogP contribution in [-0.2, 0) is 13.0 Å². The molecule has 0 spiro atoms. The van der Waals surface area contributed by atoms with Crippen LogP contribution in [0.2, 0.25) is 0 Å². The van der Waals surface area contributed by atoms with E-state index in [1.807, 2.05) is 12.1 Å². The smallest absolute Gasteiger partial charge is 0.493 e. The zero-order valence-electron chi connectivity index (χ0n) is 17.4. The summed E-state index contributed by atoms with van der Waals surface area (Å²) in [7, 11) is 3.14. The lowest BCUT2D eigenvalue weighted by Gasteiger charge is -2.29. The fraction of sp³-hybridized carbons (Fsp3) is 0.261. The van der Waals surface area contributed by atoms with Crippen molar-refractivity contribution in [2.75, 3.05) is 20.8 Å². The first-order chi connectivity index (χ1) is 15.3. The molecule has 2 heterocycles. The van der Waals surface area contributed by atoms with Crippen LogP contribution in [-0.4, -0.2) is 37.9 Å². The maximum absolute atomic E-state index is 13.0. The maximum Gasteiger partial charge on any atom is 0.573 e. The summed E-state index contributed by atoms with van der Waals surface area (Å²) >= 11 is 0. The minimum Gasteiger partial charge on any atom is -0.493 e. The van der Waals surface area contributed by atoms with Gasteiger partial charge in [-0.25, -0.2) is 0 Å². The van der Waals surface area contributed by atoms with E-state index in [-0.39, 0.29) is 17.4 Å². The molecule has 1 aromatic heterocycles. The number of benzene rings is 2. The van der Waals surface area contributed by atoms with Crippen molar-refractivity contribution in [3.8, 4) is 28.6 Å². The van der Waals surface area contributed by atoms with Crippen molar-refractivity contribution in [2.24, 2.45) is 0 Å². The van der Waals surface area contributed by atoms with Gasteiger partial charge in [-0.2, -0.15) is 0 Å². The number of furan rings is 1. The molecule has 6 nitrogen and oxygen atoms in total. The SMILES string of the molecule is COc1cc2c(cc1OC)CN(C(=O)c1ccc(-c3ccc(OC(F)(F)F)cc3)o1)CC2. The molecule has 0 fully saturated rings. The third kappa shape index (κ3) is 4.51. The summed E-state index contributed by atoms with van der Waals surface area (Å²) in [6.07, 6.45) is -4.09. The van der Waals surface area contributed by atoms with Gasteiger partial charge < -0.3 is 23.5 Å². The largest absolute Gasteiger partial charge is 0.573 e. The van der Waals surface area contributed by atoms with Crippen molar-refractivity contribution >= 4 is 5.91 Å². The van der Waals surface area contributed by atoms with Crippen LogP contribution in [0.15, 0.2) is 52.9 Å². The molecule has 0 atom stereocenters. The summed E-state index contributed by atoms with van der Waals surface area (Å²) in [5.74, 6) is 1.17. The Morgan fingerprint density at radius 1 is 0.969 bits per heavy atom. The van der Waals surface area contributed by atoms with Gasteiger partial charge in [0.25, 0.3) is 5.91 Å². The normalized spacial score (nSPS) is 13.5. The molecule has 9 heteroatoms. The molecular formula is C23H20F3NO5. The van der Waals surface area contributed by atoms with E-state index in [0.717, 1.165) is 11.1 Å². The van der Waals surface area contributed by atoms with Crippen molar-refractivity contribution in [1.29, 1.82) is 0 Å². The van der Waals surface area contributed by atoms with Crippen molar-refractivity contribution in [1.82, 2.24) is 4.90 Å². The van der Waals surface area contributed by atoms with E-state index in [1.54, 1.807) is 31.3 Å². The van der Waals surface area contributed by atoms with Crippen molar-refractivity contribution in [3.63, 3.8) is 0 Å². The van der Waals surface area contributed by atoms with Gasteiger partial charge in [0.1, 0.15) is 11.5 Å². The van der Waals surface area contributed by atoms with E-state index in [9.17, 15) is 18.0 Å². The first-order valence-corrected chi connectivity index (χ1v) is 9.76. The topological polar surface area (TPSA) is 61.1 Å². The number of amides is 1. The number of carbonyl (C=O) groups is 1. The van der Waals surface area contributed by atoms with Crippen molar-refractivity contribution < 1.29 is 36.6 Å². The molecule has 0 saturated carbocycles. The second-order valence-corrected chi connectivity index (χ2v) is 7.19. The molecule has 0 radical (unpaired) electrons. The lowest BCUT2D eigenvalue weighted by molar-refractivity contribution is -0.274. The number of carbonyl (C=O) groups excluding carboxylic acids is 1. The van der Waals surface area contributed by atoms with Gasteiger partial charge in [-0.3, -0.25) is 4.79 Å². The van der Waals surface area contributed by atoms with Gasteiger partial charge in [-0.1, -0.05) is 0 Å². The fourth-order valence-electron chi connectivity index (χ4n) is 3.64. The average molecular weight is 447 g/mol. The number of hydrogen-bond donors (Lipinski definition) is 0. The average Bonchev–Trinajstić information content (AvgIpc) is 3.27. The third-order valence-corrected chi connectivity index (χ3v) is 5.19. The Morgan fingerprint density at radius 2 is 1.62 bits per heavy atom. The quantitative estimate of drug-likeness (QED) is 0.547. The van der Waals surface area contributed by atoms with Crippen LogP contribution >= 0.6 is 0 Å². The summed E-state index contributed by atoms with van der Waals surface area (Å²) in [6.45, 7) is 0.912. The molecule has 0 saturated heterocycles. The molecular weight excluding hydrogens is 427 g/mol. The summed E-state index contributed by atoms with van der Waals surface area (Å²) in [5.41, 5.74) is 2.58. The zero-order chi connectivity index (χ0) is 22.9. The highest BCUT2D eigenvalue weighted by molar-refractivity contribution is 5.92. The standard InChI is InChI=1S/C23H20F3NO5/c1-29-20-11-15-9-10-27(13-16(15)12-21(20)30-2)22(28)19-8-7-18(31-19)14-3-5-17(6-4-14)32-23(24,25)26/h3-8,11-12H,9-10,13H2,1-2H3. The van der Waals surface area contributed by atoms with Gasteiger partial charge >= 0.3 is 6.36 Å². The first kappa shape index (κ1) is 21.6. The highest BCUT2D eigenvalue weighted by atomic mass is 19.4. The van der Waals surface area contributed by atoms with Crippen LogP contribution < -0.4 is 14.2 Å². The first-order valence-electron chi connectivity index (χ1n) is 9.76. The maximum atomic E-state index is 13.0. The van der Waals surface area contributed by atoms with Gasteiger partial charge in [-0.05, 0) is 66.1 Å². The predicted molar refractivity (Wildman–Crippen MR) is 109 cm³/mol. The van der Waals surface area contributed by atoms with Crippen LogP contribution in [0.25, 0.3) is 11.3 Å². The summed E-state index contributed by atoms with van der Waals surface area (Å²) in [4.78, 5) is 14.7. The number of methoxy groups -OCH3 is 2. The summed E-state index contributed by atoms with van der Waals surface area (Å²) in [5, 5.41) is 0. The Kier molecular flexibility index (Phi) is 5.73. The number of halogens is 3. The van der Waals surface area contributed by atoms with Gasteiger partial charge in [0, 0.05) is 18.7 Å². The van der Waals surface area contributed by atoms with Crippen molar-refractivity contribution in [3.05, 3.63) is 65.4 Å². The minimum absolute atomic E-state index is 0.152. The Bertz CT molecular complexity index is 1120. The highest BCUT2D eigenvalue weighted by Gasteiger charge is 2.31. The van der Waals surface area contributed by atoms with E-state index >= 15 is 0 Å². The van der Waals surface area contributed by atoms with Gasteiger partial charge in [0.05, 0.1) is 14.2 Å². The molecule has 32 heavy (non-hydrogen) atoms. The van der Waals surface area contributed by atoms with Crippen molar-refractivity contribution in [2.45, 2.75) is 19.3 Å². The molecule has 0 bridgehead atoms. The molecule has 2 aromatic carbocycles. The fourth-order valence-corrected chi connectivity index (χ4v) is 3.64. The molecule has 1 aliphatic rings. The molecule has 1 amide bonds. The van der Waals surface area contributed by atoms with E-state index in [1.165, 1.54) is 24.3 Å². The number of alkyl halides is 3. The second kappa shape index (κ2) is 8.49. The van der Waals surface area contributed by atoms with Crippen LogP contribution in [0.4, 0.5) is 13.2 Å². The Hall–Kier alpha value is -3.62. The number of fused-ring (bicyclic) bond motifs is 1. The monoisotopic (exact) mass is 447 g/mol. The lowest BCUT2D eigenvalue weighted by Crippen LogP contribution is -2.35. The predicted octanol–water partition coefficient (Wildman–Crippen LogP) is 5.06. The van der Waals surface area contributed by atoms with Gasteiger partial charge in [0.15, 0.2) is 17.3 Å². The number of hydrogen-bond acceptors (Lipinski definition) is 5. The van der Waals surface area contributed by atoms with Gasteiger partial charge in [-0.15, -0.1) is 13.2 Å². The van der Waals surface area contributed by atoms with Gasteiger partial charge in [0.2, 0.25) is 0 Å². The molecule has 168 valence electrons.